The molecule has 0 bridgehead atoms. The van der Waals surface area contributed by atoms with Crippen LogP contribution in [0, 0.1) is 5.92 Å². The van der Waals surface area contributed by atoms with Crippen LogP contribution in [0.3, 0.4) is 0 Å². The van der Waals surface area contributed by atoms with Gasteiger partial charge in [0.2, 0.25) is 0 Å². The van der Waals surface area contributed by atoms with E-state index in [4.69, 9.17) is 0 Å². The Labute approximate surface area is 95.4 Å². The van der Waals surface area contributed by atoms with Gasteiger partial charge in [0, 0.05) is 18.6 Å². The van der Waals surface area contributed by atoms with E-state index in [2.05, 4.69) is 37.9 Å². The maximum absolute atomic E-state index is 3.69. The van der Waals surface area contributed by atoms with E-state index in [0.29, 0.717) is 0 Å². The zero-order valence-corrected chi connectivity index (χ0v) is 10.9. The number of hydrogen-bond donors (Lipinski definition) is 1. The molecule has 1 saturated heterocycles. The molecule has 1 unspecified atom stereocenters. The summed E-state index contributed by atoms with van der Waals surface area (Å²) >= 11 is 0. The zero-order chi connectivity index (χ0) is 11.3. The first-order valence-corrected chi connectivity index (χ1v) is 6.64. The van der Waals surface area contributed by atoms with E-state index in [9.17, 15) is 0 Å². The predicted molar refractivity (Wildman–Crippen MR) is 67.2 cm³/mol. The maximum Gasteiger partial charge on any atom is 0.00619 e. The maximum atomic E-state index is 3.69. The van der Waals surface area contributed by atoms with E-state index in [1.165, 1.54) is 38.9 Å². The van der Waals surface area contributed by atoms with Gasteiger partial charge in [-0.05, 0) is 52.1 Å². The molecule has 1 N–H and O–H groups in total. The van der Waals surface area contributed by atoms with Gasteiger partial charge in [0.1, 0.15) is 0 Å². The van der Waals surface area contributed by atoms with Gasteiger partial charge in [-0.1, -0.05) is 13.8 Å². The Kier molecular flexibility index (Phi) is 5.62. The quantitative estimate of drug-likeness (QED) is 0.728. The lowest BCUT2D eigenvalue weighted by atomic mass is 10.1. The van der Waals surface area contributed by atoms with Crippen molar-refractivity contribution in [1.82, 2.24) is 10.2 Å². The first-order valence-electron chi connectivity index (χ1n) is 6.64. The molecule has 2 heteroatoms. The second-order valence-electron chi connectivity index (χ2n) is 5.17. The lowest BCUT2D eigenvalue weighted by molar-refractivity contribution is 0.262. The molecule has 1 fully saturated rings. The second kappa shape index (κ2) is 6.49. The highest BCUT2D eigenvalue weighted by Crippen LogP contribution is 2.17. The van der Waals surface area contributed by atoms with Gasteiger partial charge in [0.15, 0.2) is 0 Å². The molecular formula is C13H28N2. The van der Waals surface area contributed by atoms with E-state index in [0.717, 1.165) is 18.0 Å². The molecule has 1 rings (SSSR count). The summed E-state index contributed by atoms with van der Waals surface area (Å²) in [4.78, 5) is 2.60. The Morgan fingerprint density at radius 1 is 1.27 bits per heavy atom. The highest BCUT2D eigenvalue weighted by molar-refractivity contribution is 4.80. The smallest absolute Gasteiger partial charge is 0.00619 e. The van der Waals surface area contributed by atoms with Gasteiger partial charge in [0.25, 0.3) is 0 Å². The van der Waals surface area contributed by atoms with Crippen LogP contribution in [0.5, 0.6) is 0 Å². The number of nitrogens with zero attached hydrogens (tertiary/aromatic N) is 1. The van der Waals surface area contributed by atoms with Gasteiger partial charge in [-0.25, -0.2) is 0 Å². The molecule has 0 aromatic heterocycles. The number of rotatable bonds is 6. The predicted octanol–water partition coefficient (Wildman–Crippen LogP) is 2.49. The fourth-order valence-electron chi connectivity index (χ4n) is 2.41. The van der Waals surface area contributed by atoms with E-state index in [1.807, 2.05) is 0 Å². The van der Waals surface area contributed by atoms with Crippen molar-refractivity contribution in [2.45, 2.75) is 59.0 Å². The van der Waals surface area contributed by atoms with Crippen molar-refractivity contribution in [3.05, 3.63) is 0 Å². The van der Waals surface area contributed by atoms with Crippen LogP contribution in [0.15, 0.2) is 0 Å². The van der Waals surface area contributed by atoms with Crippen molar-refractivity contribution in [3.63, 3.8) is 0 Å². The minimum atomic E-state index is 0.725. The highest BCUT2D eigenvalue weighted by Gasteiger charge is 2.24. The monoisotopic (exact) mass is 212 g/mol. The highest BCUT2D eigenvalue weighted by atomic mass is 15.2. The van der Waals surface area contributed by atoms with Crippen LogP contribution in [0.2, 0.25) is 0 Å². The van der Waals surface area contributed by atoms with Crippen LogP contribution < -0.4 is 5.32 Å². The third-order valence-corrected chi connectivity index (χ3v) is 3.73. The molecule has 1 atom stereocenters. The molecular weight excluding hydrogens is 184 g/mol. The molecule has 1 aliphatic rings. The van der Waals surface area contributed by atoms with Gasteiger partial charge in [-0.15, -0.1) is 0 Å². The molecule has 0 amide bonds. The summed E-state index contributed by atoms with van der Waals surface area (Å²) in [5.41, 5.74) is 0. The molecule has 90 valence electrons. The largest absolute Gasteiger partial charge is 0.314 e. The average Bonchev–Trinajstić information content (AvgIpc) is 2.68. The number of hydrogen-bond acceptors (Lipinski definition) is 2. The molecule has 0 radical (unpaired) electrons. The third kappa shape index (κ3) is 4.12. The minimum absolute atomic E-state index is 0.725. The Balaban J connectivity index is 2.18. The van der Waals surface area contributed by atoms with E-state index in [-0.39, 0.29) is 0 Å². The van der Waals surface area contributed by atoms with Crippen molar-refractivity contribution < 1.29 is 0 Å². The minimum Gasteiger partial charge on any atom is -0.314 e. The average molecular weight is 212 g/mol. The van der Waals surface area contributed by atoms with E-state index >= 15 is 0 Å². The van der Waals surface area contributed by atoms with Crippen molar-refractivity contribution in [1.29, 1.82) is 0 Å². The molecule has 2 nitrogen and oxygen atoms in total. The Morgan fingerprint density at radius 2 is 1.93 bits per heavy atom. The lowest BCUT2D eigenvalue weighted by Crippen LogP contribution is -2.34. The topological polar surface area (TPSA) is 15.3 Å². The first kappa shape index (κ1) is 13.0. The van der Waals surface area contributed by atoms with Crippen LogP contribution in [0.4, 0.5) is 0 Å². The number of nitrogens with one attached hydrogen (secondary N) is 1. The first-order chi connectivity index (χ1) is 7.17. The molecule has 15 heavy (non-hydrogen) atoms. The zero-order valence-electron chi connectivity index (χ0n) is 10.9. The fourth-order valence-corrected chi connectivity index (χ4v) is 2.41. The van der Waals surface area contributed by atoms with Gasteiger partial charge >= 0.3 is 0 Å². The number of likely N-dealkylation sites (tertiary alicyclic amines) is 1. The lowest BCUT2D eigenvalue weighted by Gasteiger charge is -2.21. The summed E-state index contributed by atoms with van der Waals surface area (Å²) < 4.78 is 0. The molecule has 0 spiro atoms. The SMILES string of the molecule is CCC(CC)NCC1CCN(C(C)C)C1. The standard InChI is InChI=1S/C13H28N2/c1-5-13(6-2)14-9-12-7-8-15(10-12)11(3)4/h11-14H,5-10H2,1-4H3. The molecule has 0 saturated carbocycles. The summed E-state index contributed by atoms with van der Waals surface area (Å²) in [7, 11) is 0. The van der Waals surface area contributed by atoms with Gasteiger partial charge in [-0.3, -0.25) is 0 Å². The summed E-state index contributed by atoms with van der Waals surface area (Å²) in [5.74, 6) is 0.882. The molecule has 0 aromatic rings. The fraction of sp³-hybridized carbons (Fsp3) is 1.00. The molecule has 1 heterocycles. The van der Waals surface area contributed by atoms with Crippen molar-refractivity contribution in [2.24, 2.45) is 5.92 Å². The normalized spacial score (nSPS) is 23.2. The summed E-state index contributed by atoms with van der Waals surface area (Å²) in [6.07, 6.45) is 3.90. The van der Waals surface area contributed by atoms with Crippen LogP contribution in [-0.2, 0) is 0 Å². The van der Waals surface area contributed by atoms with Gasteiger partial charge in [-0.2, -0.15) is 0 Å². The molecule has 0 aromatic carbocycles. The van der Waals surface area contributed by atoms with Crippen LogP contribution in [0.1, 0.15) is 47.0 Å². The van der Waals surface area contributed by atoms with E-state index < -0.39 is 0 Å². The Bertz CT molecular complexity index is 164. The molecule has 0 aliphatic carbocycles. The van der Waals surface area contributed by atoms with Crippen LogP contribution in [-0.4, -0.2) is 36.6 Å². The van der Waals surface area contributed by atoms with Crippen LogP contribution in [0.25, 0.3) is 0 Å². The second-order valence-corrected chi connectivity index (χ2v) is 5.17. The van der Waals surface area contributed by atoms with Crippen molar-refractivity contribution in [3.8, 4) is 0 Å². The summed E-state index contributed by atoms with van der Waals surface area (Å²) in [6.45, 7) is 13.0. The van der Waals surface area contributed by atoms with Crippen LogP contribution >= 0.6 is 0 Å². The Morgan fingerprint density at radius 3 is 2.40 bits per heavy atom. The molecule has 1 aliphatic heterocycles. The van der Waals surface area contributed by atoms with Crippen molar-refractivity contribution in [2.75, 3.05) is 19.6 Å². The third-order valence-electron chi connectivity index (χ3n) is 3.73. The Hall–Kier alpha value is -0.0800. The van der Waals surface area contributed by atoms with Gasteiger partial charge in [0.05, 0.1) is 0 Å². The van der Waals surface area contributed by atoms with Crippen molar-refractivity contribution >= 4 is 0 Å². The van der Waals surface area contributed by atoms with Gasteiger partial charge < -0.3 is 10.2 Å². The summed E-state index contributed by atoms with van der Waals surface area (Å²) in [5, 5.41) is 3.69. The summed E-state index contributed by atoms with van der Waals surface area (Å²) in [6, 6.07) is 1.46. The van der Waals surface area contributed by atoms with E-state index in [1.54, 1.807) is 0 Å².